The number of hydrogen-bond donors (Lipinski definition) is 2. The van der Waals surface area contributed by atoms with Crippen LogP contribution in [-0.2, 0) is 9.47 Å². The van der Waals surface area contributed by atoms with E-state index in [2.05, 4.69) is 10.1 Å². The minimum atomic E-state index is -0.572. The van der Waals surface area contributed by atoms with Crippen molar-refractivity contribution in [2.75, 3.05) is 24.8 Å². The van der Waals surface area contributed by atoms with Crippen LogP contribution in [0.3, 0.4) is 0 Å². The summed E-state index contributed by atoms with van der Waals surface area (Å²) in [6, 6.07) is 2.64. The summed E-state index contributed by atoms with van der Waals surface area (Å²) >= 11 is 0. The second-order valence-electron chi connectivity index (χ2n) is 5.62. The van der Waals surface area contributed by atoms with Crippen molar-refractivity contribution in [3.05, 3.63) is 23.5 Å². The molecule has 6 heteroatoms. The largest absolute Gasteiger partial charge is 0.465 e. The number of nitrogens with one attached hydrogen (secondary N) is 1. The van der Waals surface area contributed by atoms with Gasteiger partial charge in [-0.1, -0.05) is 0 Å². The average molecular weight is 294 g/mol. The first-order chi connectivity index (χ1) is 10.1. The number of ether oxygens (including phenoxy) is 2. The molecule has 0 amide bonds. The molecule has 1 aromatic rings. The Morgan fingerprint density at radius 3 is 2.86 bits per heavy atom. The summed E-state index contributed by atoms with van der Waals surface area (Å²) in [6.45, 7) is 0.680. The van der Waals surface area contributed by atoms with Gasteiger partial charge >= 0.3 is 5.97 Å². The molecule has 1 saturated heterocycles. The summed E-state index contributed by atoms with van der Waals surface area (Å²) in [4.78, 5) is 11.6. The molecule has 3 N–H and O–H groups in total. The molecule has 0 spiro atoms. The van der Waals surface area contributed by atoms with Crippen LogP contribution in [0.5, 0.6) is 0 Å². The fraction of sp³-hybridized carbons (Fsp3) is 0.533. The number of halogens is 1. The zero-order valence-corrected chi connectivity index (χ0v) is 11.9. The van der Waals surface area contributed by atoms with Gasteiger partial charge in [-0.25, -0.2) is 9.18 Å². The van der Waals surface area contributed by atoms with Crippen molar-refractivity contribution in [3.8, 4) is 0 Å². The van der Waals surface area contributed by atoms with E-state index in [0.717, 1.165) is 12.5 Å². The summed E-state index contributed by atoms with van der Waals surface area (Å²) in [5.74, 6) is -0.472. The summed E-state index contributed by atoms with van der Waals surface area (Å²) in [7, 11) is 1.27. The minimum absolute atomic E-state index is 0.0705. The molecule has 3 rings (SSSR count). The van der Waals surface area contributed by atoms with Crippen molar-refractivity contribution in [1.29, 1.82) is 0 Å². The lowest BCUT2D eigenvalue weighted by Gasteiger charge is -2.21. The molecule has 1 aliphatic carbocycles. The summed E-state index contributed by atoms with van der Waals surface area (Å²) in [6.07, 6.45) is 3.29. The number of carbonyl (C=O) groups is 1. The third-order valence-electron chi connectivity index (χ3n) is 4.11. The van der Waals surface area contributed by atoms with Gasteiger partial charge in [-0.3, -0.25) is 0 Å². The topological polar surface area (TPSA) is 73.6 Å². The molecule has 0 radical (unpaired) electrons. The van der Waals surface area contributed by atoms with Gasteiger partial charge < -0.3 is 20.5 Å². The van der Waals surface area contributed by atoms with Crippen LogP contribution >= 0.6 is 0 Å². The molecular weight excluding hydrogens is 275 g/mol. The first kappa shape index (κ1) is 14.1. The highest BCUT2D eigenvalue weighted by Gasteiger charge is 2.40. The van der Waals surface area contributed by atoms with E-state index < -0.39 is 11.8 Å². The Morgan fingerprint density at radius 1 is 1.43 bits per heavy atom. The smallest absolute Gasteiger partial charge is 0.340 e. The third-order valence-corrected chi connectivity index (χ3v) is 4.11. The molecule has 0 bridgehead atoms. The second-order valence-corrected chi connectivity index (χ2v) is 5.62. The molecule has 5 nitrogen and oxygen atoms in total. The summed E-state index contributed by atoms with van der Waals surface area (Å²) < 4.78 is 24.4. The summed E-state index contributed by atoms with van der Waals surface area (Å²) in [5, 5.41) is 3.16. The van der Waals surface area contributed by atoms with Crippen LogP contribution < -0.4 is 11.1 Å². The highest BCUT2D eigenvalue weighted by molar-refractivity contribution is 5.96. The van der Waals surface area contributed by atoms with E-state index in [-0.39, 0.29) is 29.1 Å². The Balaban J connectivity index is 1.82. The van der Waals surface area contributed by atoms with Crippen LogP contribution in [0.25, 0.3) is 0 Å². The van der Waals surface area contributed by atoms with E-state index in [1.54, 1.807) is 0 Å². The fourth-order valence-corrected chi connectivity index (χ4v) is 2.84. The molecule has 1 aromatic carbocycles. The first-order valence-electron chi connectivity index (χ1n) is 7.15. The maximum absolute atomic E-state index is 14.1. The molecule has 2 fully saturated rings. The zero-order chi connectivity index (χ0) is 15.0. The SMILES string of the molecule is COC(=O)c1cc(NC2CCOC2C2CC2)c(F)cc1N. The molecule has 2 aliphatic rings. The second kappa shape index (κ2) is 5.52. The first-order valence-corrected chi connectivity index (χ1v) is 7.15. The van der Waals surface area contributed by atoms with E-state index in [9.17, 15) is 9.18 Å². The number of esters is 1. The molecular formula is C15H19FN2O3. The van der Waals surface area contributed by atoms with E-state index in [1.807, 2.05) is 0 Å². The van der Waals surface area contributed by atoms with Crippen molar-refractivity contribution in [1.82, 2.24) is 0 Å². The zero-order valence-electron chi connectivity index (χ0n) is 11.9. The van der Waals surface area contributed by atoms with Gasteiger partial charge in [0, 0.05) is 12.3 Å². The van der Waals surface area contributed by atoms with Crippen LogP contribution in [0, 0.1) is 11.7 Å². The van der Waals surface area contributed by atoms with Gasteiger partial charge in [0.2, 0.25) is 0 Å². The van der Waals surface area contributed by atoms with Crippen molar-refractivity contribution >= 4 is 17.3 Å². The molecule has 2 unspecified atom stereocenters. The molecule has 2 atom stereocenters. The van der Waals surface area contributed by atoms with E-state index in [1.165, 1.54) is 26.0 Å². The normalized spacial score (nSPS) is 24.9. The quantitative estimate of drug-likeness (QED) is 0.657. The Hall–Kier alpha value is -1.82. The van der Waals surface area contributed by atoms with Crippen LogP contribution in [-0.4, -0.2) is 31.8 Å². The van der Waals surface area contributed by atoms with Gasteiger partial charge in [-0.15, -0.1) is 0 Å². The Bertz CT molecular complexity index is 560. The number of benzene rings is 1. The van der Waals surface area contributed by atoms with Crippen LogP contribution in [0.2, 0.25) is 0 Å². The Kier molecular flexibility index (Phi) is 3.71. The minimum Gasteiger partial charge on any atom is -0.465 e. The van der Waals surface area contributed by atoms with Gasteiger partial charge in [0.1, 0.15) is 5.82 Å². The van der Waals surface area contributed by atoms with Gasteiger partial charge in [0.05, 0.1) is 30.5 Å². The predicted molar refractivity (Wildman–Crippen MR) is 76.6 cm³/mol. The standard InChI is InChI=1S/C15H19FN2O3/c1-20-15(19)9-6-13(10(16)7-11(9)17)18-12-4-5-21-14(12)8-2-3-8/h6-8,12,14,18H,2-5,17H2,1H3. The van der Waals surface area contributed by atoms with Gasteiger partial charge in [0.15, 0.2) is 0 Å². The molecule has 1 heterocycles. The van der Waals surface area contributed by atoms with Crippen molar-refractivity contribution in [2.24, 2.45) is 5.92 Å². The van der Waals surface area contributed by atoms with Gasteiger partial charge in [0.25, 0.3) is 0 Å². The molecule has 0 aromatic heterocycles. The number of nitrogen functional groups attached to an aromatic ring is 1. The van der Waals surface area contributed by atoms with Gasteiger partial charge in [-0.05, 0) is 37.3 Å². The highest BCUT2D eigenvalue weighted by Crippen LogP contribution is 2.40. The average Bonchev–Trinajstić information content (AvgIpc) is 3.21. The maximum Gasteiger partial charge on any atom is 0.340 e. The predicted octanol–water partition coefficient (Wildman–Crippen LogP) is 2.17. The van der Waals surface area contributed by atoms with E-state index >= 15 is 0 Å². The van der Waals surface area contributed by atoms with Crippen LogP contribution in [0.1, 0.15) is 29.6 Å². The lowest BCUT2D eigenvalue weighted by molar-refractivity contribution is 0.0602. The van der Waals surface area contributed by atoms with Crippen molar-refractivity contribution in [2.45, 2.75) is 31.4 Å². The monoisotopic (exact) mass is 294 g/mol. The summed E-state index contributed by atoms with van der Waals surface area (Å²) in [5.41, 5.74) is 6.18. The lowest BCUT2D eigenvalue weighted by Crippen LogP contribution is -2.31. The van der Waals surface area contributed by atoms with Crippen LogP contribution in [0.15, 0.2) is 12.1 Å². The molecule has 1 saturated carbocycles. The van der Waals surface area contributed by atoms with E-state index in [4.69, 9.17) is 10.5 Å². The number of rotatable bonds is 4. The highest BCUT2D eigenvalue weighted by atomic mass is 19.1. The van der Waals surface area contributed by atoms with Gasteiger partial charge in [-0.2, -0.15) is 0 Å². The maximum atomic E-state index is 14.1. The third kappa shape index (κ3) is 2.81. The molecule has 114 valence electrons. The lowest BCUT2D eigenvalue weighted by atomic mass is 10.0. The number of carbonyl (C=O) groups excluding carboxylic acids is 1. The van der Waals surface area contributed by atoms with Crippen molar-refractivity contribution < 1.29 is 18.7 Å². The Morgan fingerprint density at radius 2 is 2.19 bits per heavy atom. The van der Waals surface area contributed by atoms with Crippen LogP contribution in [0.4, 0.5) is 15.8 Å². The Labute approximate surface area is 122 Å². The fourth-order valence-electron chi connectivity index (χ4n) is 2.84. The number of nitrogens with two attached hydrogens (primary N) is 1. The number of methoxy groups -OCH3 is 1. The molecule has 1 aliphatic heterocycles. The van der Waals surface area contributed by atoms with Crippen molar-refractivity contribution in [3.63, 3.8) is 0 Å². The number of anilines is 2. The number of hydrogen-bond acceptors (Lipinski definition) is 5. The van der Waals surface area contributed by atoms with E-state index in [0.29, 0.717) is 12.5 Å². The molecule has 21 heavy (non-hydrogen) atoms.